The number of carbonyl (C=O) groups is 2. The Morgan fingerprint density at radius 2 is 1.82 bits per heavy atom. The number of aliphatic hydroxyl groups is 1. The van der Waals surface area contributed by atoms with Gasteiger partial charge in [-0.25, -0.2) is 22.8 Å². The molecule has 2 aromatic carbocycles. The fraction of sp³-hybridized carbons (Fsp3) is 0.259. The van der Waals surface area contributed by atoms with Crippen LogP contribution in [-0.2, 0) is 25.8 Å². The zero-order valence-electron chi connectivity index (χ0n) is 22.8. The number of thiazole rings is 1. The van der Waals surface area contributed by atoms with Crippen LogP contribution in [0.4, 0.5) is 22.7 Å². The number of hydrogen-bond acceptors (Lipinski definition) is 9. The van der Waals surface area contributed by atoms with E-state index < -0.39 is 57.1 Å². The highest BCUT2D eigenvalue weighted by molar-refractivity contribution is 7.92. The number of primary amides is 1. The number of nitrogens with zero attached hydrogens (tertiary/aromatic N) is 2. The highest BCUT2D eigenvalue weighted by Gasteiger charge is 2.57. The third-order valence-corrected chi connectivity index (χ3v) is 8.68. The second-order valence-electron chi connectivity index (χ2n) is 10.3. The first kappa shape index (κ1) is 31.1. The SMILES string of the molecule is C[C@]1(C(N)=O)COc2c1cc(C(O)(CNC(=O)c1ccc3nc(NS(C)(=O)=O)sc3c1)C(F)(F)F)nc2-c1ccc(F)cc1. The normalized spacial score (nSPS) is 17.9. The van der Waals surface area contributed by atoms with E-state index in [9.17, 15) is 40.7 Å². The number of amides is 2. The maximum atomic E-state index is 14.6. The molecule has 0 fully saturated rings. The first-order valence-electron chi connectivity index (χ1n) is 12.6. The molecule has 1 unspecified atom stereocenters. The van der Waals surface area contributed by atoms with Crippen LogP contribution in [0, 0.1) is 5.82 Å². The largest absolute Gasteiger partial charge is 0.489 e. The molecule has 232 valence electrons. The van der Waals surface area contributed by atoms with E-state index in [0.717, 1.165) is 35.8 Å². The van der Waals surface area contributed by atoms with Crippen molar-refractivity contribution in [2.24, 2.45) is 5.73 Å². The predicted octanol–water partition coefficient (Wildman–Crippen LogP) is 3.18. The average Bonchev–Trinajstić information content (AvgIpc) is 3.50. The van der Waals surface area contributed by atoms with Gasteiger partial charge in [-0.1, -0.05) is 11.3 Å². The van der Waals surface area contributed by atoms with Crippen molar-refractivity contribution < 1.29 is 45.4 Å². The van der Waals surface area contributed by atoms with Crippen LogP contribution in [0.2, 0.25) is 0 Å². The van der Waals surface area contributed by atoms with Crippen molar-refractivity contribution in [3.8, 4) is 17.0 Å². The van der Waals surface area contributed by atoms with Crippen LogP contribution in [0.1, 0.15) is 28.5 Å². The van der Waals surface area contributed by atoms with Crippen molar-refractivity contribution in [1.29, 1.82) is 0 Å². The lowest BCUT2D eigenvalue weighted by Gasteiger charge is -2.31. The number of benzene rings is 2. The molecule has 3 heterocycles. The number of sulfonamides is 1. The number of fused-ring (bicyclic) bond motifs is 2. The number of carbonyl (C=O) groups excluding carboxylic acids is 2. The fourth-order valence-electron chi connectivity index (χ4n) is 4.52. The Balaban J connectivity index is 1.53. The zero-order valence-corrected chi connectivity index (χ0v) is 24.5. The number of anilines is 1. The Morgan fingerprint density at radius 1 is 1.14 bits per heavy atom. The molecule has 17 heteroatoms. The number of hydrogen-bond donors (Lipinski definition) is 4. The number of aromatic nitrogens is 2. The Hall–Kier alpha value is -4.35. The summed E-state index contributed by atoms with van der Waals surface area (Å²) in [5.74, 6) is -2.59. The summed E-state index contributed by atoms with van der Waals surface area (Å²) in [5, 5.41) is 13.3. The summed E-state index contributed by atoms with van der Waals surface area (Å²) in [6.07, 6.45) is -4.46. The van der Waals surface area contributed by atoms with Crippen LogP contribution >= 0.6 is 11.3 Å². The number of rotatable bonds is 8. The summed E-state index contributed by atoms with van der Waals surface area (Å²) < 4.78 is 88.6. The van der Waals surface area contributed by atoms with Crippen LogP contribution in [0.3, 0.4) is 0 Å². The van der Waals surface area contributed by atoms with Gasteiger partial charge in [-0.05, 0) is 55.5 Å². The van der Waals surface area contributed by atoms with Crippen LogP contribution < -0.4 is 20.5 Å². The summed E-state index contributed by atoms with van der Waals surface area (Å²) >= 11 is 0.900. The van der Waals surface area contributed by atoms with Gasteiger partial charge in [-0.2, -0.15) is 13.2 Å². The van der Waals surface area contributed by atoms with E-state index in [1.54, 1.807) is 0 Å². The van der Waals surface area contributed by atoms with Gasteiger partial charge in [0, 0.05) is 16.7 Å². The number of nitrogens with two attached hydrogens (primary N) is 1. The van der Waals surface area contributed by atoms with E-state index in [0.29, 0.717) is 10.2 Å². The molecular weight excluding hydrogens is 630 g/mol. The van der Waals surface area contributed by atoms with Crippen molar-refractivity contribution in [2.45, 2.75) is 24.1 Å². The molecule has 44 heavy (non-hydrogen) atoms. The minimum absolute atomic E-state index is 0.0260. The van der Waals surface area contributed by atoms with Crippen LogP contribution in [0.15, 0.2) is 48.5 Å². The predicted molar refractivity (Wildman–Crippen MR) is 152 cm³/mol. The quantitative estimate of drug-likeness (QED) is 0.210. The summed E-state index contributed by atoms with van der Waals surface area (Å²) in [6, 6.07) is 9.40. The van der Waals surface area contributed by atoms with Gasteiger partial charge in [0.15, 0.2) is 5.13 Å². The number of ether oxygens (including phenoxy) is 1. The van der Waals surface area contributed by atoms with Crippen molar-refractivity contribution >= 4 is 48.5 Å². The highest BCUT2D eigenvalue weighted by atomic mass is 32.2. The van der Waals surface area contributed by atoms with Crippen molar-refractivity contribution in [1.82, 2.24) is 15.3 Å². The van der Waals surface area contributed by atoms with Gasteiger partial charge in [0.05, 0.1) is 28.7 Å². The Morgan fingerprint density at radius 3 is 2.43 bits per heavy atom. The smallest absolute Gasteiger partial charge is 0.424 e. The molecule has 1 aliphatic heterocycles. The molecule has 0 spiro atoms. The summed E-state index contributed by atoms with van der Waals surface area (Å²) in [7, 11) is -3.63. The van der Waals surface area contributed by atoms with E-state index in [-0.39, 0.29) is 39.9 Å². The number of pyridine rings is 1. The van der Waals surface area contributed by atoms with Gasteiger partial charge in [-0.15, -0.1) is 0 Å². The number of alkyl halides is 3. The maximum absolute atomic E-state index is 14.6. The first-order valence-corrected chi connectivity index (χ1v) is 15.3. The van der Waals surface area contributed by atoms with E-state index >= 15 is 0 Å². The third kappa shape index (κ3) is 5.65. The van der Waals surface area contributed by atoms with E-state index in [1.165, 1.54) is 37.3 Å². The van der Waals surface area contributed by atoms with Gasteiger partial charge in [-0.3, -0.25) is 14.3 Å². The molecule has 4 aromatic rings. The van der Waals surface area contributed by atoms with Crippen LogP contribution in [-0.4, -0.2) is 60.9 Å². The van der Waals surface area contributed by atoms with E-state index in [2.05, 4.69) is 20.0 Å². The Labute approximate surface area is 251 Å². The molecule has 1 aliphatic rings. The lowest BCUT2D eigenvalue weighted by molar-refractivity contribution is -0.265. The molecular formula is C27H23F4N5O6S2. The monoisotopic (exact) mass is 653 g/mol. The Bertz CT molecular complexity index is 1920. The lowest BCUT2D eigenvalue weighted by atomic mass is 9.81. The fourth-order valence-corrected chi connectivity index (χ4v) is 6.26. The molecule has 0 bridgehead atoms. The van der Waals surface area contributed by atoms with E-state index in [1.807, 2.05) is 0 Å². The molecule has 0 aliphatic carbocycles. The third-order valence-electron chi connectivity index (χ3n) is 7.05. The Kier molecular flexibility index (Phi) is 7.54. The second kappa shape index (κ2) is 10.7. The molecule has 2 aromatic heterocycles. The zero-order chi connectivity index (χ0) is 32.2. The van der Waals surface area contributed by atoms with Crippen LogP contribution in [0.5, 0.6) is 5.75 Å². The molecule has 0 saturated heterocycles. The van der Waals surface area contributed by atoms with Gasteiger partial charge in [0.1, 0.15) is 29.3 Å². The molecule has 5 N–H and O–H groups in total. The minimum Gasteiger partial charge on any atom is -0.489 e. The molecule has 2 amide bonds. The standard InChI is InChI=1S/C27H23F4N5O6S2/c1-25(23(32)38)12-42-21-16(25)10-19(35-20(21)13-3-6-15(28)7-4-13)26(39,27(29,30)31)11-33-22(37)14-5-8-17-18(9-14)43-24(34-17)36-44(2,40)41/h3-10,39H,11-12H2,1-2H3,(H2,32,38)(H,33,37)(H,34,36)/t25-,26?/m0/s1. The highest BCUT2D eigenvalue weighted by Crippen LogP contribution is 2.47. The summed E-state index contributed by atoms with van der Waals surface area (Å²) in [4.78, 5) is 33.5. The van der Waals surface area contributed by atoms with Gasteiger partial charge in [0.2, 0.25) is 21.5 Å². The van der Waals surface area contributed by atoms with Crippen molar-refractivity contribution in [3.05, 3.63) is 71.2 Å². The molecule has 5 rings (SSSR count). The summed E-state index contributed by atoms with van der Waals surface area (Å²) in [6.45, 7) is -0.348. The van der Waals surface area contributed by atoms with E-state index in [4.69, 9.17) is 10.5 Å². The molecule has 0 radical (unpaired) electrons. The lowest BCUT2D eigenvalue weighted by Crippen LogP contribution is -2.51. The van der Waals surface area contributed by atoms with Crippen LogP contribution in [0.25, 0.3) is 21.5 Å². The van der Waals surface area contributed by atoms with Gasteiger partial charge >= 0.3 is 6.18 Å². The topological polar surface area (TPSA) is 174 Å². The average molecular weight is 654 g/mol. The number of halogens is 4. The van der Waals surface area contributed by atoms with Gasteiger partial charge in [0.25, 0.3) is 5.91 Å². The second-order valence-corrected chi connectivity index (χ2v) is 13.1. The minimum atomic E-state index is -5.39. The molecule has 0 saturated carbocycles. The maximum Gasteiger partial charge on any atom is 0.424 e. The van der Waals surface area contributed by atoms with Crippen molar-refractivity contribution in [3.63, 3.8) is 0 Å². The number of nitrogens with one attached hydrogen (secondary N) is 2. The van der Waals surface area contributed by atoms with Crippen molar-refractivity contribution in [2.75, 3.05) is 24.1 Å². The molecule has 2 atom stereocenters. The molecule has 11 nitrogen and oxygen atoms in total. The van der Waals surface area contributed by atoms with Gasteiger partial charge < -0.3 is 20.9 Å². The summed E-state index contributed by atoms with van der Waals surface area (Å²) in [5.41, 5.74) is -0.661. The first-order chi connectivity index (χ1) is 20.4.